The highest BCUT2D eigenvalue weighted by molar-refractivity contribution is 6.01. The molecule has 1 saturated heterocycles. The third-order valence-corrected chi connectivity index (χ3v) is 5.88. The molecule has 2 aliphatic heterocycles. The van der Waals surface area contributed by atoms with E-state index in [1.807, 2.05) is 45.0 Å². The fraction of sp³-hybridized carbons (Fsp3) is 0.640. The molecule has 2 aliphatic rings. The number of amides is 1. The van der Waals surface area contributed by atoms with Gasteiger partial charge in [0, 0.05) is 25.9 Å². The molecule has 1 aromatic carbocycles. The van der Waals surface area contributed by atoms with Gasteiger partial charge in [0.2, 0.25) is 0 Å². The number of oxime groups is 1. The predicted molar refractivity (Wildman–Crippen MR) is 124 cm³/mol. The van der Waals surface area contributed by atoms with E-state index in [1.54, 1.807) is 4.90 Å². The van der Waals surface area contributed by atoms with Crippen molar-refractivity contribution in [1.82, 2.24) is 4.90 Å². The van der Waals surface area contributed by atoms with E-state index >= 15 is 0 Å². The smallest absolute Gasteiger partial charge is 0.410 e. The molecular weight excluding hydrogens is 424 g/mol. The minimum Gasteiger partial charge on any atom is -0.494 e. The molecule has 0 bridgehead atoms. The number of benzene rings is 1. The second-order valence-electron chi connectivity index (χ2n) is 9.66. The van der Waals surface area contributed by atoms with Crippen molar-refractivity contribution in [3.05, 3.63) is 29.8 Å². The minimum absolute atomic E-state index is 0.0863. The van der Waals surface area contributed by atoms with Gasteiger partial charge >= 0.3 is 12.1 Å². The van der Waals surface area contributed by atoms with Crippen LogP contribution >= 0.6 is 0 Å². The summed E-state index contributed by atoms with van der Waals surface area (Å²) in [4.78, 5) is 30.7. The first-order valence-electron chi connectivity index (χ1n) is 11.7. The Hall–Kier alpha value is -2.77. The normalized spacial score (nSPS) is 19.0. The number of piperidine rings is 1. The summed E-state index contributed by atoms with van der Waals surface area (Å²) in [5, 5.41) is 4.17. The Morgan fingerprint density at radius 2 is 1.82 bits per heavy atom. The second-order valence-corrected chi connectivity index (χ2v) is 9.66. The fourth-order valence-corrected chi connectivity index (χ4v) is 3.95. The molecule has 1 unspecified atom stereocenters. The Kier molecular flexibility index (Phi) is 8.58. The van der Waals surface area contributed by atoms with Crippen molar-refractivity contribution in [3.63, 3.8) is 0 Å². The summed E-state index contributed by atoms with van der Waals surface area (Å²) in [6.45, 7) is 7.79. The molecule has 0 N–H and O–H groups in total. The van der Waals surface area contributed by atoms with Crippen LogP contribution in [0.1, 0.15) is 64.9 Å². The van der Waals surface area contributed by atoms with Crippen molar-refractivity contribution in [3.8, 4) is 5.75 Å². The zero-order valence-corrected chi connectivity index (χ0v) is 20.2. The number of carbonyl (C=O) groups is 2. The van der Waals surface area contributed by atoms with Crippen molar-refractivity contribution < 1.29 is 28.6 Å². The van der Waals surface area contributed by atoms with Crippen LogP contribution in [0, 0.1) is 5.92 Å². The molecule has 1 atom stereocenters. The largest absolute Gasteiger partial charge is 0.494 e. The molecular formula is C25H36N2O6. The summed E-state index contributed by atoms with van der Waals surface area (Å²) >= 11 is 0. The van der Waals surface area contributed by atoms with E-state index in [2.05, 4.69) is 9.89 Å². The zero-order chi connectivity index (χ0) is 23.8. The summed E-state index contributed by atoms with van der Waals surface area (Å²) in [6.07, 6.45) is 4.21. The topological polar surface area (TPSA) is 86.7 Å². The highest BCUT2D eigenvalue weighted by atomic mass is 16.6. The van der Waals surface area contributed by atoms with Gasteiger partial charge in [-0.2, -0.15) is 0 Å². The average Bonchev–Trinajstić information content (AvgIpc) is 3.26. The molecule has 8 nitrogen and oxygen atoms in total. The van der Waals surface area contributed by atoms with E-state index in [4.69, 9.17) is 14.3 Å². The van der Waals surface area contributed by atoms with Crippen molar-refractivity contribution >= 4 is 17.8 Å². The molecule has 0 aliphatic carbocycles. The predicted octanol–water partition coefficient (Wildman–Crippen LogP) is 4.55. The number of likely N-dealkylation sites (tertiary alicyclic amines) is 1. The lowest BCUT2D eigenvalue weighted by Crippen LogP contribution is -2.41. The van der Waals surface area contributed by atoms with Gasteiger partial charge in [-0.25, -0.2) is 4.79 Å². The molecule has 33 heavy (non-hydrogen) atoms. The van der Waals surface area contributed by atoms with Crippen molar-refractivity contribution in [2.75, 3.05) is 26.8 Å². The molecule has 3 rings (SSSR count). The first kappa shape index (κ1) is 24.9. The van der Waals surface area contributed by atoms with Crippen LogP contribution in [0.25, 0.3) is 0 Å². The number of esters is 1. The summed E-state index contributed by atoms with van der Waals surface area (Å²) in [5.74, 6) is 1.14. The molecule has 1 fully saturated rings. The Balaban J connectivity index is 1.35. The number of nitrogens with zero attached hydrogens (tertiary/aromatic N) is 2. The quantitative estimate of drug-likeness (QED) is 0.529. The standard InChI is InChI=1S/C25H36N2O6/c1-25(2,3)32-24(29)27-14-11-18(12-15-27)13-16-31-20-7-5-19(6-8-20)22-17-21(33-26-22)9-10-23(28)30-4/h5-8,18,21H,9-17H2,1-4H3. The maximum Gasteiger partial charge on any atom is 0.410 e. The molecule has 182 valence electrons. The molecule has 0 aromatic heterocycles. The van der Waals surface area contributed by atoms with Crippen LogP contribution in [0.3, 0.4) is 0 Å². The van der Waals surface area contributed by atoms with Crippen LogP contribution in [0.4, 0.5) is 4.79 Å². The third-order valence-electron chi connectivity index (χ3n) is 5.88. The maximum absolute atomic E-state index is 12.2. The lowest BCUT2D eigenvalue weighted by Gasteiger charge is -2.33. The summed E-state index contributed by atoms with van der Waals surface area (Å²) < 4.78 is 16.1. The Morgan fingerprint density at radius 3 is 2.45 bits per heavy atom. The molecule has 0 radical (unpaired) electrons. The zero-order valence-electron chi connectivity index (χ0n) is 20.2. The monoisotopic (exact) mass is 460 g/mol. The Morgan fingerprint density at radius 1 is 1.12 bits per heavy atom. The van der Waals surface area contributed by atoms with Crippen LogP contribution < -0.4 is 4.74 Å². The molecule has 0 spiro atoms. The summed E-state index contributed by atoms with van der Waals surface area (Å²) in [5.41, 5.74) is 1.42. The molecule has 2 heterocycles. The van der Waals surface area contributed by atoms with Gasteiger partial charge < -0.3 is 23.9 Å². The molecule has 0 saturated carbocycles. The third kappa shape index (κ3) is 7.94. The van der Waals surface area contributed by atoms with Crippen molar-refractivity contribution in [2.24, 2.45) is 11.1 Å². The maximum atomic E-state index is 12.2. The Labute approximate surface area is 196 Å². The molecule has 8 heteroatoms. The van der Waals surface area contributed by atoms with E-state index in [0.717, 1.165) is 49.4 Å². The van der Waals surface area contributed by atoms with Crippen molar-refractivity contribution in [1.29, 1.82) is 0 Å². The summed E-state index contributed by atoms with van der Waals surface area (Å²) in [6, 6.07) is 7.87. The van der Waals surface area contributed by atoms with E-state index in [-0.39, 0.29) is 18.2 Å². The number of hydrogen-bond acceptors (Lipinski definition) is 7. The second kappa shape index (κ2) is 11.4. The van der Waals surface area contributed by atoms with Gasteiger partial charge in [0.15, 0.2) is 0 Å². The van der Waals surface area contributed by atoms with Crippen molar-refractivity contribution in [2.45, 2.75) is 71.0 Å². The first-order chi connectivity index (χ1) is 15.7. The van der Waals surface area contributed by atoms with Gasteiger partial charge in [0.05, 0.1) is 19.4 Å². The molecule has 1 aromatic rings. The van der Waals surface area contributed by atoms with E-state index < -0.39 is 5.60 Å². The lowest BCUT2D eigenvalue weighted by molar-refractivity contribution is -0.141. The number of hydrogen-bond donors (Lipinski definition) is 0. The highest BCUT2D eigenvalue weighted by Gasteiger charge is 2.27. The van der Waals surface area contributed by atoms with Crippen LogP contribution in [-0.4, -0.2) is 61.2 Å². The van der Waals surface area contributed by atoms with Gasteiger partial charge in [-0.3, -0.25) is 4.79 Å². The Bertz CT molecular complexity index is 822. The number of methoxy groups -OCH3 is 1. The van der Waals surface area contributed by atoms with E-state index in [9.17, 15) is 9.59 Å². The fourth-order valence-electron chi connectivity index (χ4n) is 3.95. The van der Waals surface area contributed by atoms with Gasteiger partial charge in [-0.1, -0.05) is 5.16 Å². The van der Waals surface area contributed by atoms with Crippen LogP contribution in [0.15, 0.2) is 29.4 Å². The van der Waals surface area contributed by atoms with Gasteiger partial charge in [0.1, 0.15) is 17.5 Å². The molecule has 1 amide bonds. The number of rotatable bonds is 8. The summed E-state index contributed by atoms with van der Waals surface area (Å²) in [7, 11) is 1.39. The first-order valence-corrected chi connectivity index (χ1v) is 11.7. The van der Waals surface area contributed by atoms with Crippen LogP contribution in [-0.2, 0) is 19.1 Å². The SMILES string of the molecule is COC(=O)CCC1CC(c2ccc(OCCC3CCN(C(=O)OC(C)(C)C)CC3)cc2)=NO1. The minimum atomic E-state index is -0.457. The average molecular weight is 461 g/mol. The van der Waals surface area contributed by atoms with Gasteiger partial charge in [0.25, 0.3) is 0 Å². The van der Waals surface area contributed by atoms with Crippen LogP contribution in [0.2, 0.25) is 0 Å². The van der Waals surface area contributed by atoms with Gasteiger partial charge in [-0.05, 0) is 82.2 Å². The van der Waals surface area contributed by atoms with Gasteiger partial charge in [-0.15, -0.1) is 0 Å². The number of carbonyl (C=O) groups excluding carboxylic acids is 2. The van der Waals surface area contributed by atoms with E-state index in [1.165, 1.54) is 7.11 Å². The van der Waals surface area contributed by atoms with Crippen LogP contribution in [0.5, 0.6) is 5.75 Å². The number of ether oxygens (including phenoxy) is 3. The lowest BCUT2D eigenvalue weighted by atomic mass is 9.94. The highest BCUT2D eigenvalue weighted by Crippen LogP contribution is 2.24. The van der Waals surface area contributed by atoms with E-state index in [0.29, 0.717) is 31.8 Å².